The van der Waals surface area contributed by atoms with Gasteiger partial charge in [-0.3, -0.25) is 4.79 Å². The van der Waals surface area contributed by atoms with Gasteiger partial charge >= 0.3 is 0 Å². The number of thioether (sulfide) groups is 1. The Morgan fingerprint density at radius 2 is 2.00 bits per heavy atom. The average molecular weight is 344 g/mol. The highest BCUT2D eigenvalue weighted by molar-refractivity contribution is 9.10. The van der Waals surface area contributed by atoms with E-state index in [9.17, 15) is 9.90 Å². The molecule has 0 heterocycles. The predicted octanol–water partition coefficient (Wildman–Crippen LogP) is 2.96. The van der Waals surface area contributed by atoms with Crippen LogP contribution in [0.3, 0.4) is 0 Å². The minimum Gasteiger partial charge on any atom is -0.391 e. The van der Waals surface area contributed by atoms with Crippen LogP contribution in [0.1, 0.15) is 25.7 Å². The van der Waals surface area contributed by atoms with Gasteiger partial charge in [-0.2, -0.15) is 0 Å². The fourth-order valence-corrected chi connectivity index (χ4v) is 3.18. The molecular formula is C14H18BrNO2S. The van der Waals surface area contributed by atoms with E-state index in [0.717, 1.165) is 35.1 Å². The van der Waals surface area contributed by atoms with Crippen LogP contribution in [0.15, 0.2) is 33.6 Å². The highest BCUT2D eigenvalue weighted by atomic mass is 79.9. The van der Waals surface area contributed by atoms with Crippen LogP contribution in [0.25, 0.3) is 0 Å². The second kappa shape index (κ2) is 7.31. The van der Waals surface area contributed by atoms with Crippen molar-refractivity contribution in [2.45, 2.75) is 42.7 Å². The van der Waals surface area contributed by atoms with E-state index in [1.165, 1.54) is 11.8 Å². The lowest BCUT2D eigenvalue weighted by molar-refractivity contribution is -0.120. The van der Waals surface area contributed by atoms with Gasteiger partial charge in [0.05, 0.1) is 17.9 Å². The van der Waals surface area contributed by atoms with Gasteiger partial charge in [0.15, 0.2) is 0 Å². The number of hydrogen-bond donors (Lipinski definition) is 2. The van der Waals surface area contributed by atoms with Crippen LogP contribution in [0, 0.1) is 0 Å². The van der Waals surface area contributed by atoms with Crippen molar-refractivity contribution in [2.24, 2.45) is 0 Å². The molecule has 0 aliphatic heterocycles. The smallest absolute Gasteiger partial charge is 0.230 e. The van der Waals surface area contributed by atoms with Crippen LogP contribution in [-0.4, -0.2) is 28.9 Å². The summed E-state index contributed by atoms with van der Waals surface area (Å²) in [6.07, 6.45) is 3.44. The molecule has 19 heavy (non-hydrogen) atoms. The van der Waals surface area contributed by atoms with Gasteiger partial charge in [0.2, 0.25) is 5.91 Å². The van der Waals surface area contributed by atoms with Crippen molar-refractivity contribution >= 4 is 33.6 Å². The van der Waals surface area contributed by atoms with Crippen molar-refractivity contribution in [1.82, 2.24) is 5.32 Å². The Morgan fingerprint density at radius 1 is 1.32 bits per heavy atom. The van der Waals surface area contributed by atoms with Crippen molar-refractivity contribution in [2.75, 3.05) is 5.75 Å². The summed E-state index contributed by atoms with van der Waals surface area (Å²) in [5.74, 6) is 0.393. The Bertz CT molecular complexity index is 424. The van der Waals surface area contributed by atoms with E-state index in [1.807, 2.05) is 24.3 Å². The Labute approximate surface area is 126 Å². The van der Waals surface area contributed by atoms with Gasteiger partial charge in [0, 0.05) is 9.37 Å². The number of aliphatic hydroxyl groups is 1. The molecule has 1 amide bonds. The molecule has 1 fully saturated rings. The lowest BCUT2D eigenvalue weighted by Crippen LogP contribution is -2.45. The number of carbonyl (C=O) groups is 1. The maximum atomic E-state index is 11.8. The molecule has 2 rings (SSSR count). The Morgan fingerprint density at radius 3 is 2.68 bits per heavy atom. The van der Waals surface area contributed by atoms with Crippen LogP contribution >= 0.6 is 27.7 Å². The first-order chi connectivity index (χ1) is 9.15. The molecular weight excluding hydrogens is 326 g/mol. The number of aliphatic hydroxyl groups excluding tert-OH is 1. The zero-order valence-electron chi connectivity index (χ0n) is 10.6. The van der Waals surface area contributed by atoms with Gasteiger partial charge in [0.25, 0.3) is 0 Å². The molecule has 2 N–H and O–H groups in total. The van der Waals surface area contributed by atoms with Crippen LogP contribution in [-0.2, 0) is 4.79 Å². The highest BCUT2D eigenvalue weighted by Gasteiger charge is 2.24. The standard InChI is InChI=1S/C14H18BrNO2S/c15-10-5-7-11(8-6-10)19-9-14(18)16-12-3-1-2-4-13(12)17/h5-8,12-13,17H,1-4,9H2,(H,16,18). The van der Waals surface area contributed by atoms with E-state index in [-0.39, 0.29) is 18.1 Å². The first kappa shape index (κ1) is 14.9. The summed E-state index contributed by atoms with van der Waals surface area (Å²) in [5.41, 5.74) is 0. The second-order valence-corrected chi connectivity index (χ2v) is 6.73. The van der Waals surface area contributed by atoms with Crippen LogP contribution in [0.2, 0.25) is 0 Å². The van der Waals surface area contributed by atoms with Crippen LogP contribution in [0.4, 0.5) is 0 Å². The molecule has 0 radical (unpaired) electrons. The summed E-state index contributed by atoms with van der Waals surface area (Å²) in [7, 11) is 0. The average Bonchev–Trinajstić information content (AvgIpc) is 2.41. The summed E-state index contributed by atoms with van der Waals surface area (Å²) in [4.78, 5) is 12.9. The van der Waals surface area contributed by atoms with Crippen molar-refractivity contribution in [3.05, 3.63) is 28.7 Å². The lowest BCUT2D eigenvalue weighted by Gasteiger charge is -2.28. The van der Waals surface area contributed by atoms with E-state index in [4.69, 9.17) is 0 Å². The third-order valence-corrected chi connectivity index (χ3v) is 4.80. The molecule has 0 spiro atoms. The number of hydrogen-bond acceptors (Lipinski definition) is 3. The molecule has 0 saturated heterocycles. The molecule has 2 atom stereocenters. The zero-order valence-corrected chi connectivity index (χ0v) is 13.0. The third-order valence-electron chi connectivity index (χ3n) is 3.26. The van der Waals surface area contributed by atoms with Gasteiger partial charge in [-0.25, -0.2) is 0 Å². The fourth-order valence-electron chi connectivity index (χ4n) is 2.21. The Kier molecular flexibility index (Phi) is 5.73. The number of amides is 1. The molecule has 1 aromatic rings. The molecule has 1 aliphatic rings. The topological polar surface area (TPSA) is 49.3 Å². The largest absolute Gasteiger partial charge is 0.391 e. The molecule has 1 aromatic carbocycles. The highest BCUT2D eigenvalue weighted by Crippen LogP contribution is 2.21. The van der Waals surface area contributed by atoms with Crippen molar-refractivity contribution in [1.29, 1.82) is 0 Å². The van der Waals surface area contributed by atoms with Gasteiger partial charge in [-0.15, -0.1) is 11.8 Å². The van der Waals surface area contributed by atoms with Gasteiger partial charge in [-0.05, 0) is 37.1 Å². The first-order valence-electron chi connectivity index (χ1n) is 6.51. The molecule has 1 aliphatic carbocycles. The minimum absolute atomic E-state index is 0.00105. The number of halogens is 1. The SMILES string of the molecule is O=C(CSc1ccc(Br)cc1)NC1CCCCC1O. The van der Waals surface area contributed by atoms with Crippen molar-refractivity contribution in [3.63, 3.8) is 0 Å². The molecule has 0 aromatic heterocycles. The monoisotopic (exact) mass is 343 g/mol. The maximum absolute atomic E-state index is 11.8. The van der Waals surface area contributed by atoms with Crippen molar-refractivity contribution in [3.8, 4) is 0 Å². The summed E-state index contributed by atoms with van der Waals surface area (Å²) in [6, 6.07) is 7.83. The van der Waals surface area contributed by atoms with E-state index in [0.29, 0.717) is 5.75 Å². The van der Waals surface area contributed by atoms with E-state index < -0.39 is 0 Å². The van der Waals surface area contributed by atoms with E-state index in [1.54, 1.807) is 0 Å². The molecule has 104 valence electrons. The molecule has 3 nitrogen and oxygen atoms in total. The second-order valence-electron chi connectivity index (χ2n) is 4.77. The van der Waals surface area contributed by atoms with Crippen LogP contribution < -0.4 is 5.32 Å². The quantitative estimate of drug-likeness (QED) is 0.826. The summed E-state index contributed by atoms with van der Waals surface area (Å²) < 4.78 is 1.03. The predicted molar refractivity (Wildman–Crippen MR) is 81.3 cm³/mol. The third kappa shape index (κ3) is 4.82. The van der Waals surface area contributed by atoms with Gasteiger partial charge < -0.3 is 10.4 Å². The molecule has 0 bridgehead atoms. The number of nitrogens with one attached hydrogen (secondary N) is 1. The maximum Gasteiger partial charge on any atom is 0.230 e. The number of carbonyl (C=O) groups excluding carboxylic acids is 1. The van der Waals surface area contributed by atoms with Crippen molar-refractivity contribution < 1.29 is 9.90 Å². The molecule has 2 unspecified atom stereocenters. The van der Waals surface area contributed by atoms with E-state index >= 15 is 0 Å². The zero-order chi connectivity index (χ0) is 13.7. The number of rotatable bonds is 4. The lowest BCUT2D eigenvalue weighted by atomic mass is 9.93. The van der Waals surface area contributed by atoms with Gasteiger partial charge in [-0.1, -0.05) is 28.8 Å². The Balaban J connectivity index is 1.76. The van der Waals surface area contributed by atoms with Gasteiger partial charge in [0.1, 0.15) is 0 Å². The fraction of sp³-hybridized carbons (Fsp3) is 0.500. The summed E-state index contributed by atoms with van der Waals surface area (Å²) >= 11 is 4.89. The first-order valence-corrected chi connectivity index (χ1v) is 8.29. The van der Waals surface area contributed by atoms with E-state index in [2.05, 4.69) is 21.2 Å². The normalized spacial score (nSPS) is 23.1. The van der Waals surface area contributed by atoms with Crippen LogP contribution in [0.5, 0.6) is 0 Å². The minimum atomic E-state index is -0.379. The number of benzene rings is 1. The molecule has 5 heteroatoms. The Hall–Kier alpha value is -0.520. The summed E-state index contributed by atoms with van der Waals surface area (Å²) in [6.45, 7) is 0. The summed E-state index contributed by atoms with van der Waals surface area (Å²) in [5, 5.41) is 12.7. The molecule has 1 saturated carbocycles.